The molecule has 0 radical (unpaired) electrons. The highest BCUT2D eigenvalue weighted by molar-refractivity contribution is 5.49. The fraction of sp³-hybridized carbons (Fsp3) is 0.429. The summed E-state index contributed by atoms with van der Waals surface area (Å²) >= 11 is 0. The molecule has 0 aliphatic carbocycles. The SMILES string of the molecule is CC(C=Cc1ccccc1)N1CCOCC1. The van der Waals surface area contributed by atoms with Crippen LogP contribution >= 0.6 is 0 Å². The summed E-state index contributed by atoms with van der Waals surface area (Å²) < 4.78 is 5.35. The summed E-state index contributed by atoms with van der Waals surface area (Å²) in [6.07, 6.45) is 4.46. The molecule has 1 fully saturated rings. The minimum absolute atomic E-state index is 0.490. The normalized spacial score (nSPS) is 20.1. The quantitative estimate of drug-likeness (QED) is 0.771. The molecule has 0 aromatic heterocycles. The zero-order chi connectivity index (χ0) is 11.2. The number of hydrogen-bond donors (Lipinski definition) is 0. The van der Waals surface area contributed by atoms with E-state index >= 15 is 0 Å². The maximum Gasteiger partial charge on any atom is 0.0594 e. The average molecular weight is 217 g/mol. The summed E-state index contributed by atoms with van der Waals surface area (Å²) in [7, 11) is 0. The summed E-state index contributed by atoms with van der Waals surface area (Å²) in [5.41, 5.74) is 1.27. The van der Waals surface area contributed by atoms with Gasteiger partial charge in [0.15, 0.2) is 0 Å². The van der Waals surface area contributed by atoms with Crippen LogP contribution in [-0.2, 0) is 4.74 Å². The van der Waals surface area contributed by atoms with Crippen molar-refractivity contribution in [3.8, 4) is 0 Å². The molecule has 0 bridgehead atoms. The van der Waals surface area contributed by atoms with E-state index in [1.165, 1.54) is 5.56 Å². The maximum absolute atomic E-state index is 5.35. The van der Waals surface area contributed by atoms with E-state index in [1.807, 2.05) is 6.07 Å². The van der Waals surface area contributed by atoms with E-state index in [0.717, 1.165) is 26.3 Å². The van der Waals surface area contributed by atoms with Gasteiger partial charge < -0.3 is 4.74 Å². The predicted molar refractivity (Wildman–Crippen MR) is 67.3 cm³/mol. The van der Waals surface area contributed by atoms with Crippen LogP contribution in [0.15, 0.2) is 36.4 Å². The van der Waals surface area contributed by atoms with Crippen LogP contribution in [-0.4, -0.2) is 37.2 Å². The first-order chi connectivity index (χ1) is 7.86. The number of rotatable bonds is 3. The smallest absolute Gasteiger partial charge is 0.0594 e. The highest BCUT2D eigenvalue weighted by Gasteiger charge is 2.14. The highest BCUT2D eigenvalue weighted by atomic mass is 16.5. The molecule has 0 saturated carbocycles. The van der Waals surface area contributed by atoms with Crippen LogP contribution in [0.25, 0.3) is 6.08 Å². The summed E-state index contributed by atoms with van der Waals surface area (Å²) in [4.78, 5) is 2.45. The van der Waals surface area contributed by atoms with Gasteiger partial charge in [-0.25, -0.2) is 0 Å². The molecule has 0 amide bonds. The van der Waals surface area contributed by atoms with Crippen LogP contribution in [0.2, 0.25) is 0 Å². The van der Waals surface area contributed by atoms with Gasteiger partial charge in [0.05, 0.1) is 13.2 Å². The van der Waals surface area contributed by atoms with Gasteiger partial charge in [0.2, 0.25) is 0 Å². The number of morpholine rings is 1. The molecule has 1 aromatic carbocycles. The van der Waals surface area contributed by atoms with Crippen LogP contribution in [0, 0.1) is 0 Å². The van der Waals surface area contributed by atoms with Crippen molar-refractivity contribution in [2.45, 2.75) is 13.0 Å². The Morgan fingerprint density at radius 1 is 1.19 bits per heavy atom. The fourth-order valence-electron chi connectivity index (χ4n) is 1.92. The Bertz CT molecular complexity index is 328. The Morgan fingerprint density at radius 3 is 2.56 bits per heavy atom. The van der Waals surface area contributed by atoms with Crippen molar-refractivity contribution in [3.63, 3.8) is 0 Å². The molecular weight excluding hydrogens is 198 g/mol. The standard InChI is InChI=1S/C14H19NO/c1-13(15-9-11-16-12-10-15)7-8-14-5-3-2-4-6-14/h2-8,13H,9-12H2,1H3. The molecule has 1 unspecified atom stereocenters. The zero-order valence-corrected chi connectivity index (χ0v) is 9.80. The van der Waals surface area contributed by atoms with E-state index in [2.05, 4.69) is 48.2 Å². The summed E-state index contributed by atoms with van der Waals surface area (Å²) in [5, 5.41) is 0. The lowest BCUT2D eigenvalue weighted by molar-refractivity contribution is 0.0288. The first-order valence-corrected chi connectivity index (χ1v) is 5.91. The zero-order valence-electron chi connectivity index (χ0n) is 9.80. The van der Waals surface area contributed by atoms with E-state index in [-0.39, 0.29) is 0 Å². The molecule has 0 N–H and O–H groups in total. The third-order valence-corrected chi connectivity index (χ3v) is 2.99. The molecule has 2 heteroatoms. The molecule has 1 heterocycles. The molecule has 2 nitrogen and oxygen atoms in total. The topological polar surface area (TPSA) is 12.5 Å². The Labute approximate surface area is 97.5 Å². The fourth-order valence-corrected chi connectivity index (χ4v) is 1.92. The molecule has 1 aliphatic heterocycles. The average Bonchev–Trinajstić information content (AvgIpc) is 2.38. The lowest BCUT2D eigenvalue weighted by Crippen LogP contribution is -2.41. The van der Waals surface area contributed by atoms with Gasteiger partial charge in [0.1, 0.15) is 0 Å². The second-order valence-corrected chi connectivity index (χ2v) is 4.16. The van der Waals surface area contributed by atoms with Crippen molar-refractivity contribution in [2.24, 2.45) is 0 Å². The molecule has 86 valence electrons. The second-order valence-electron chi connectivity index (χ2n) is 4.16. The van der Waals surface area contributed by atoms with Crippen LogP contribution in [0.1, 0.15) is 12.5 Å². The number of benzene rings is 1. The van der Waals surface area contributed by atoms with Gasteiger partial charge >= 0.3 is 0 Å². The molecule has 1 aromatic rings. The highest BCUT2D eigenvalue weighted by Crippen LogP contribution is 2.08. The molecule has 0 spiro atoms. The van der Waals surface area contributed by atoms with E-state index in [4.69, 9.17) is 4.74 Å². The second kappa shape index (κ2) is 5.83. The van der Waals surface area contributed by atoms with Gasteiger partial charge in [0, 0.05) is 19.1 Å². The van der Waals surface area contributed by atoms with Crippen molar-refractivity contribution in [1.82, 2.24) is 4.90 Å². The lowest BCUT2D eigenvalue weighted by atomic mass is 10.1. The number of hydrogen-bond acceptors (Lipinski definition) is 2. The number of nitrogens with zero attached hydrogens (tertiary/aromatic N) is 1. The van der Waals surface area contributed by atoms with Crippen molar-refractivity contribution in [1.29, 1.82) is 0 Å². The van der Waals surface area contributed by atoms with E-state index < -0.39 is 0 Å². The Kier molecular flexibility index (Phi) is 4.14. The Morgan fingerprint density at radius 2 is 1.88 bits per heavy atom. The minimum Gasteiger partial charge on any atom is -0.379 e. The Balaban J connectivity index is 1.91. The van der Waals surface area contributed by atoms with E-state index in [9.17, 15) is 0 Å². The van der Waals surface area contributed by atoms with Gasteiger partial charge in [-0.3, -0.25) is 4.90 Å². The van der Waals surface area contributed by atoms with Crippen LogP contribution in [0.3, 0.4) is 0 Å². The molecule has 1 aliphatic rings. The molecule has 1 atom stereocenters. The van der Waals surface area contributed by atoms with Crippen LogP contribution in [0.5, 0.6) is 0 Å². The van der Waals surface area contributed by atoms with Gasteiger partial charge in [-0.15, -0.1) is 0 Å². The minimum atomic E-state index is 0.490. The van der Waals surface area contributed by atoms with Crippen molar-refractivity contribution in [3.05, 3.63) is 42.0 Å². The largest absolute Gasteiger partial charge is 0.379 e. The first-order valence-electron chi connectivity index (χ1n) is 5.91. The van der Waals surface area contributed by atoms with Crippen molar-refractivity contribution < 1.29 is 4.74 Å². The molecular formula is C14H19NO. The third-order valence-electron chi connectivity index (χ3n) is 2.99. The molecule has 1 saturated heterocycles. The number of ether oxygens (including phenoxy) is 1. The predicted octanol–water partition coefficient (Wildman–Crippen LogP) is 2.42. The van der Waals surface area contributed by atoms with Crippen LogP contribution in [0.4, 0.5) is 0 Å². The van der Waals surface area contributed by atoms with E-state index in [1.54, 1.807) is 0 Å². The molecule has 2 rings (SSSR count). The first kappa shape index (κ1) is 11.4. The lowest BCUT2D eigenvalue weighted by Gasteiger charge is -2.30. The van der Waals surface area contributed by atoms with Gasteiger partial charge in [-0.05, 0) is 12.5 Å². The monoisotopic (exact) mass is 217 g/mol. The third kappa shape index (κ3) is 3.19. The summed E-state index contributed by atoms with van der Waals surface area (Å²) in [6.45, 7) is 6.05. The van der Waals surface area contributed by atoms with E-state index in [0.29, 0.717) is 6.04 Å². The maximum atomic E-state index is 5.35. The van der Waals surface area contributed by atoms with Crippen molar-refractivity contribution in [2.75, 3.05) is 26.3 Å². The van der Waals surface area contributed by atoms with Gasteiger partial charge in [0.25, 0.3) is 0 Å². The Hall–Kier alpha value is -1.12. The summed E-state index contributed by atoms with van der Waals surface area (Å²) in [6, 6.07) is 10.9. The summed E-state index contributed by atoms with van der Waals surface area (Å²) in [5.74, 6) is 0. The van der Waals surface area contributed by atoms with Gasteiger partial charge in [-0.1, -0.05) is 42.5 Å². The van der Waals surface area contributed by atoms with Crippen LogP contribution < -0.4 is 0 Å². The van der Waals surface area contributed by atoms with Crippen molar-refractivity contribution >= 4 is 6.08 Å². The molecule has 16 heavy (non-hydrogen) atoms. The van der Waals surface area contributed by atoms with Gasteiger partial charge in [-0.2, -0.15) is 0 Å².